The van der Waals surface area contributed by atoms with Gasteiger partial charge in [0.1, 0.15) is 16.6 Å². The van der Waals surface area contributed by atoms with Gasteiger partial charge in [-0.15, -0.1) is 10.2 Å². The minimum atomic E-state index is -0.465. The van der Waals surface area contributed by atoms with Crippen LogP contribution in [0.2, 0.25) is 0 Å². The van der Waals surface area contributed by atoms with Crippen LogP contribution in [-0.4, -0.2) is 40.0 Å². The predicted molar refractivity (Wildman–Crippen MR) is 109 cm³/mol. The maximum Gasteiger partial charge on any atom is 0.286 e. The summed E-state index contributed by atoms with van der Waals surface area (Å²) in [6, 6.07) is 11.2. The van der Waals surface area contributed by atoms with Gasteiger partial charge < -0.3 is 10.2 Å². The minimum absolute atomic E-state index is 0.0514. The van der Waals surface area contributed by atoms with Crippen LogP contribution in [0, 0.1) is 11.6 Å². The molecule has 0 radical (unpaired) electrons. The SMILES string of the molecule is O=C(Nc1cccc(F)c1)c1nnc([C@H]2CCCN(C(=O)c3cccc(F)c3)C2)s1. The first-order chi connectivity index (χ1) is 14.5. The second-order valence-electron chi connectivity index (χ2n) is 7.01. The number of nitrogens with one attached hydrogen (secondary N) is 1. The molecule has 0 bridgehead atoms. The van der Waals surface area contributed by atoms with E-state index in [1.165, 1.54) is 36.4 Å². The molecule has 2 heterocycles. The molecule has 1 aliphatic rings. The maximum atomic E-state index is 13.4. The van der Waals surface area contributed by atoms with E-state index in [1.54, 1.807) is 17.0 Å². The van der Waals surface area contributed by atoms with E-state index in [9.17, 15) is 18.4 Å². The third-order valence-corrected chi connectivity index (χ3v) is 5.93. The number of aromatic nitrogens is 2. The fourth-order valence-electron chi connectivity index (χ4n) is 3.41. The van der Waals surface area contributed by atoms with Gasteiger partial charge >= 0.3 is 0 Å². The third kappa shape index (κ3) is 4.51. The lowest BCUT2D eigenvalue weighted by Crippen LogP contribution is -2.39. The molecule has 1 aliphatic heterocycles. The molecule has 1 fully saturated rings. The average molecular weight is 428 g/mol. The van der Waals surface area contributed by atoms with Crippen molar-refractivity contribution >= 4 is 28.8 Å². The second-order valence-corrected chi connectivity index (χ2v) is 8.02. The fourth-order valence-corrected chi connectivity index (χ4v) is 4.27. The van der Waals surface area contributed by atoms with Gasteiger partial charge in [0, 0.05) is 30.3 Å². The van der Waals surface area contributed by atoms with E-state index in [0.717, 1.165) is 24.2 Å². The molecule has 1 N–H and O–H groups in total. The van der Waals surface area contributed by atoms with E-state index in [0.29, 0.717) is 29.3 Å². The molecule has 1 saturated heterocycles. The van der Waals surface area contributed by atoms with Crippen molar-refractivity contribution in [1.82, 2.24) is 15.1 Å². The molecule has 0 unspecified atom stereocenters. The standard InChI is InChI=1S/C21H18F2N4O2S/c22-15-6-1-4-13(10-15)21(29)27-9-3-5-14(12-27)19-25-26-20(30-19)18(28)24-17-8-2-7-16(23)11-17/h1-2,4,6-8,10-11,14H,3,5,9,12H2,(H,24,28)/t14-/m0/s1. The Morgan fingerprint density at radius 1 is 1.07 bits per heavy atom. The van der Waals surface area contributed by atoms with Crippen LogP contribution in [0.1, 0.15) is 43.9 Å². The number of hydrogen-bond acceptors (Lipinski definition) is 5. The zero-order valence-corrected chi connectivity index (χ0v) is 16.7. The highest BCUT2D eigenvalue weighted by molar-refractivity contribution is 7.13. The largest absolute Gasteiger partial charge is 0.338 e. The van der Waals surface area contributed by atoms with Crippen LogP contribution in [-0.2, 0) is 0 Å². The highest BCUT2D eigenvalue weighted by atomic mass is 32.1. The van der Waals surface area contributed by atoms with Gasteiger partial charge in [-0.2, -0.15) is 0 Å². The zero-order chi connectivity index (χ0) is 21.1. The summed E-state index contributed by atoms with van der Waals surface area (Å²) in [6.45, 7) is 1.01. The van der Waals surface area contributed by atoms with Crippen molar-refractivity contribution in [2.24, 2.45) is 0 Å². The van der Waals surface area contributed by atoms with Crippen LogP contribution in [0.5, 0.6) is 0 Å². The van der Waals surface area contributed by atoms with Crippen LogP contribution in [0.3, 0.4) is 0 Å². The monoisotopic (exact) mass is 428 g/mol. The Labute approximate surface area is 175 Å². The summed E-state index contributed by atoms with van der Waals surface area (Å²) in [6.07, 6.45) is 1.59. The number of nitrogens with zero attached hydrogens (tertiary/aromatic N) is 3. The number of piperidine rings is 1. The van der Waals surface area contributed by atoms with Gasteiger partial charge in [0.15, 0.2) is 0 Å². The van der Waals surface area contributed by atoms with Gasteiger partial charge in [0.2, 0.25) is 5.01 Å². The second kappa shape index (κ2) is 8.66. The van der Waals surface area contributed by atoms with Crippen molar-refractivity contribution in [3.05, 3.63) is 75.7 Å². The Hall–Kier alpha value is -3.20. The topological polar surface area (TPSA) is 75.2 Å². The first kappa shape index (κ1) is 20.1. The van der Waals surface area contributed by atoms with Crippen molar-refractivity contribution in [3.63, 3.8) is 0 Å². The summed E-state index contributed by atoms with van der Waals surface area (Å²) in [7, 11) is 0. The lowest BCUT2D eigenvalue weighted by atomic mass is 9.98. The number of halogens is 2. The van der Waals surface area contributed by atoms with Crippen LogP contribution in [0.15, 0.2) is 48.5 Å². The lowest BCUT2D eigenvalue weighted by Gasteiger charge is -2.31. The van der Waals surface area contributed by atoms with Crippen LogP contribution >= 0.6 is 11.3 Å². The van der Waals surface area contributed by atoms with Crippen molar-refractivity contribution in [1.29, 1.82) is 0 Å². The van der Waals surface area contributed by atoms with E-state index in [1.807, 2.05) is 0 Å². The first-order valence-corrected chi connectivity index (χ1v) is 10.3. The Morgan fingerprint density at radius 3 is 2.60 bits per heavy atom. The number of carbonyl (C=O) groups excluding carboxylic acids is 2. The fraction of sp³-hybridized carbons (Fsp3) is 0.238. The molecule has 154 valence electrons. The molecule has 1 atom stereocenters. The molecule has 2 amide bonds. The summed E-state index contributed by atoms with van der Waals surface area (Å²) < 4.78 is 26.7. The number of anilines is 1. The van der Waals surface area contributed by atoms with Gasteiger partial charge in [-0.25, -0.2) is 8.78 Å². The smallest absolute Gasteiger partial charge is 0.286 e. The maximum absolute atomic E-state index is 13.4. The Kier molecular flexibility index (Phi) is 5.80. The van der Waals surface area contributed by atoms with Crippen molar-refractivity contribution in [2.75, 3.05) is 18.4 Å². The number of rotatable bonds is 4. The summed E-state index contributed by atoms with van der Waals surface area (Å²) in [5.41, 5.74) is 0.643. The third-order valence-electron chi connectivity index (χ3n) is 4.85. The first-order valence-electron chi connectivity index (χ1n) is 9.45. The summed E-state index contributed by atoms with van der Waals surface area (Å²) in [5.74, 6) is -1.64. The zero-order valence-electron chi connectivity index (χ0n) is 15.8. The highest BCUT2D eigenvalue weighted by Gasteiger charge is 2.28. The van der Waals surface area contributed by atoms with Crippen molar-refractivity contribution in [3.8, 4) is 0 Å². The molecule has 1 aromatic heterocycles. The summed E-state index contributed by atoms with van der Waals surface area (Å²) in [5, 5.41) is 11.5. The quantitative estimate of drug-likeness (QED) is 0.679. The number of amides is 2. The number of benzene rings is 2. The lowest BCUT2D eigenvalue weighted by molar-refractivity contribution is 0.0706. The molecule has 0 spiro atoms. The van der Waals surface area contributed by atoms with E-state index in [4.69, 9.17) is 0 Å². The van der Waals surface area contributed by atoms with E-state index >= 15 is 0 Å². The van der Waals surface area contributed by atoms with Gasteiger partial charge in [0.05, 0.1) is 0 Å². The number of hydrogen-bond donors (Lipinski definition) is 1. The van der Waals surface area contributed by atoms with E-state index in [-0.39, 0.29) is 16.8 Å². The molecule has 3 aromatic rings. The Morgan fingerprint density at radius 2 is 1.83 bits per heavy atom. The van der Waals surface area contributed by atoms with Gasteiger partial charge in [-0.05, 0) is 49.2 Å². The minimum Gasteiger partial charge on any atom is -0.338 e. The van der Waals surface area contributed by atoms with Gasteiger partial charge in [-0.3, -0.25) is 9.59 Å². The molecule has 0 saturated carbocycles. The molecule has 6 nitrogen and oxygen atoms in total. The van der Waals surface area contributed by atoms with E-state index in [2.05, 4.69) is 15.5 Å². The van der Waals surface area contributed by atoms with E-state index < -0.39 is 17.5 Å². The average Bonchev–Trinajstić information content (AvgIpc) is 3.24. The molecular weight excluding hydrogens is 410 g/mol. The van der Waals surface area contributed by atoms with Crippen molar-refractivity contribution in [2.45, 2.75) is 18.8 Å². The van der Waals surface area contributed by atoms with Gasteiger partial charge in [-0.1, -0.05) is 23.5 Å². The number of likely N-dealkylation sites (tertiary alicyclic amines) is 1. The van der Waals surface area contributed by atoms with Gasteiger partial charge in [0.25, 0.3) is 11.8 Å². The molecule has 2 aromatic carbocycles. The Balaban J connectivity index is 1.44. The van der Waals surface area contributed by atoms with Crippen LogP contribution < -0.4 is 5.32 Å². The molecule has 4 rings (SSSR count). The number of carbonyl (C=O) groups is 2. The summed E-state index contributed by atoms with van der Waals surface area (Å²) >= 11 is 1.16. The summed E-state index contributed by atoms with van der Waals surface area (Å²) in [4.78, 5) is 26.8. The normalized spacial score (nSPS) is 16.3. The van der Waals surface area contributed by atoms with Crippen molar-refractivity contribution < 1.29 is 18.4 Å². The predicted octanol–water partition coefficient (Wildman–Crippen LogP) is 4.09. The molecule has 0 aliphatic carbocycles. The molecule has 9 heteroatoms. The van der Waals surface area contributed by atoms with Crippen LogP contribution in [0.4, 0.5) is 14.5 Å². The highest BCUT2D eigenvalue weighted by Crippen LogP contribution is 2.30. The van der Waals surface area contributed by atoms with Crippen LogP contribution in [0.25, 0.3) is 0 Å². The molecule has 30 heavy (non-hydrogen) atoms. The molecular formula is C21H18F2N4O2S. The Bertz CT molecular complexity index is 1090.